The fourth-order valence-electron chi connectivity index (χ4n) is 6.57. The maximum atomic E-state index is 14.6. The van der Waals surface area contributed by atoms with E-state index in [0.717, 1.165) is 32.1 Å². The Bertz CT molecular complexity index is 638. The van der Waals surface area contributed by atoms with E-state index in [2.05, 4.69) is 55.4 Å². The maximum absolute atomic E-state index is 14.6. The lowest BCUT2D eigenvalue weighted by Gasteiger charge is -2.55. The molecule has 0 aliphatic heterocycles. The largest absolute Gasteiger partial charge is 0.388 e. The summed E-state index contributed by atoms with van der Waals surface area (Å²) in [4.78, 5) is 29.3. The first-order valence-electron chi connectivity index (χ1n) is 14.9. The molecule has 1 fully saturated rings. The van der Waals surface area contributed by atoms with Gasteiger partial charge in [-0.15, -0.1) is 0 Å². The molecular formula is C30H58N2O4. The Hall–Kier alpha value is -1.14. The van der Waals surface area contributed by atoms with Crippen LogP contribution in [0.1, 0.15) is 139 Å². The van der Waals surface area contributed by atoms with Crippen molar-refractivity contribution in [2.24, 2.45) is 23.0 Å². The first-order valence-corrected chi connectivity index (χ1v) is 14.9. The predicted octanol–water partition coefficient (Wildman–Crippen LogP) is 5.96. The van der Waals surface area contributed by atoms with Crippen LogP contribution < -0.4 is 5.73 Å². The molecular weight excluding hydrogens is 452 g/mol. The van der Waals surface area contributed by atoms with E-state index in [4.69, 9.17) is 5.73 Å². The van der Waals surface area contributed by atoms with E-state index >= 15 is 0 Å². The van der Waals surface area contributed by atoms with Gasteiger partial charge in [-0.1, -0.05) is 87.5 Å². The molecule has 0 aromatic heterocycles. The van der Waals surface area contributed by atoms with E-state index < -0.39 is 34.6 Å². The highest BCUT2D eigenvalue weighted by molar-refractivity contribution is 6.05. The van der Waals surface area contributed by atoms with Gasteiger partial charge in [-0.3, -0.25) is 9.59 Å². The van der Waals surface area contributed by atoms with Crippen LogP contribution in [0.2, 0.25) is 0 Å². The van der Waals surface area contributed by atoms with Crippen LogP contribution in [0, 0.1) is 17.3 Å². The Balaban J connectivity index is 3.95. The molecule has 2 amide bonds. The first-order chi connectivity index (χ1) is 16.8. The molecule has 1 aliphatic carbocycles. The van der Waals surface area contributed by atoms with Gasteiger partial charge in [0.2, 0.25) is 11.8 Å². The molecule has 212 valence electrons. The SMILES string of the molecule is CCCC(O)(CCC)[C@@H](CC(C)C)N(C(=O)C1(C(N)=O)CCC1)[C@H](CC(C)C)C(O)(CCC)CCC. The molecule has 0 bridgehead atoms. The Morgan fingerprint density at radius 3 is 1.31 bits per heavy atom. The number of hydrogen-bond acceptors (Lipinski definition) is 4. The Labute approximate surface area is 221 Å². The molecule has 0 heterocycles. The monoisotopic (exact) mass is 510 g/mol. The first kappa shape index (κ1) is 32.9. The second kappa shape index (κ2) is 14.1. The van der Waals surface area contributed by atoms with Crippen LogP contribution in [-0.2, 0) is 9.59 Å². The smallest absolute Gasteiger partial charge is 0.238 e. The van der Waals surface area contributed by atoms with Gasteiger partial charge in [0.1, 0.15) is 5.41 Å². The van der Waals surface area contributed by atoms with Crippen molar-refractivity contribution in [3.05, 3.63) is 0 Å². The van der Waals surface area contributed by atoms with Gasteiger partial charge < -0.3 is 20.8 Å². The van der Waals surface area contributed by atoms with Crippen LogP contribution in [0.15, 0.2) is 0 Å². The Morgan fingerprint density at radius 1 is 0.778 bits per heavy atom. The third kappa shape index (κ3) is 7.46. The van der Waals surface area contributed by atoms with Gasteiger partial charge in [-0.25, -0.2) is 0 Å². The van der Waals surface area contributed by atoms with Crippen molar-refractivity contribution in [1.29, 1.82) is 0 Å². The molecule has 6 heteroatoms. The van der Waals surface area contributed by atoms with Crippen molar-refractivity contribution in [3.63, 3.8) is 0 Å². The topological polar surface area (TPSA) is 104 Å². The van der Waals surface area contributed by atoms with Gasteiger partial charge >= 0.3 is 0 Å². The lowest BCUT2D eigenvalue weighted by Crippen LogP contribution is -2.68. The zero-order chi connectivity index (χ0) is 27.7. The quantitative estimate of drug-likeness (QED) is 0.198. The molecule has 6 nitrogen and oxygen atoms in total. The standard InChI is InChI=1S/C30H58N2O4/c1-9-14-29(35,15-10-2)24(20-22(5)6)32(27(34)28(26(31)33)18-13-19-28)25(21-23(7)8)30(36,16-11-3)17-12-4/h22-25,35-36H,9-21H2,1-8H3,(H2,31,33)/t24-,25-/m1/s1. The summed E-state index contributed by atoms with van der Waals surface area (Å²) in [5, 5.41) is 24.5. The number of hydrogen-bond donors (Lipinski definition) is 3. The fourth-order valence-corrected chi connectivity index (χ4v) is 6.57. The molecule has 1 aliphatic rings. The second-order valence-electron chi connectivity index (χ2n) is 12.5. The van der Waals surface area contributed by atoms with E-state index in [1.54, 1.807) is 0 Å². The number of carbonyl (C=O) groups is 2. The highest BCUT2D eigenvalue weighted by Crippen LogP contribution is 2.47. The van der Waals surface area contributed by atoms with Crippen molar-refractivity contribution in [3.8, 4) is 0 Å². The summed E-state index contributed by atoms with van der Waals surface area (Å²) in [5.41, 5.74) is 2.49. The van der Waals surface area contributed by atoms with E-state index in [-0.39, 0.29) is 17.7 Å². The van der Waals surface area contributed by atoms with Crippen molar-refractivity contribution in [2.45, 2.75) is 162 Å². The summed E-state index contributed by atoms with van der Waals surface area (Å²) in [5.74, 6) is -0.392. The van der Waals surface area contributed by atoms with E-state index in [1.807, 2.05) is 4.90 Å². The zero-order valence-corrected chi connectivity index (χ0v) is 24.7. The van der Waals surface area contributed by atoms with Gasteiger partial charge in [0.05, 0.1) is 23.3 Å². The van der Waals surface area contributed by atoms with Crippen molar-refractivity contribution in [2.75, 3.05) is 0 Å². The van der Waals surface area contributed by atoms with Crippen LogP contribution in [0.3, 0.4) is 0 Å². The van der Waals surface area contributed by atoms with Crippen molar-refractivity contribution >= 4 is 11.8 Å². The summed E-state index contributed by atoms with van der Waals surface area (Å²) in [6, 6.07) is -0.989. The van der Waals surface area contributed by atoms with Crippen LogP contribution >= 0.6 is 0 Å². The molecule has 0 spiro atoms. The molecule has 1 saturated carbocycles. The second-order valence-corrected chi connectivity index (χ2v) is 12.5. The maximum Gasteiger partial charge on any atom is 0.238 e. The van der Waals surface area contributed by atoms with Crippen LogP contribution in [0.25, 0.3) is 0 Å². The van der Waals surface area contributed by atoms with Gasteiger partial charge in [-0.05, 0) is 63.2 Å². The lowest BCUT2D eigenvalue weighted by atomic mass is 9.65. The minimum atomic E-state index is -1.23. The number of carbonyl (C=O) groups excluding carboxylic acids is 2. The minimum absolute atomic E-state index is 0.224. The molecule has 0 aromatic carbocycles. The third-order valence-corrected chi connectivity index (χ3v) is 8.36. The number of amides is 2. The highest BCUT2D eigenvalue weighted by atomic mass is 16.3. The number of aliphatic hydroxyl groups is 2. The van der Waals surface area contributed by atoms with E-state index in [1.165, 1.54) is 0 Å². The molecule has 1 rings (SSSR count). The third-order valence-electron chi connectivity index (χ3n) is 8.36. The van der Waals surface area contributed by atoms with Crippen molar-refractivity contribution in [1.82, 2.24) is 4.90 Å². The molecule has 0 radical (unpaired) electrons. The van der Waals surface area contributed by atoms with Gasteiger partial charge in [0.25, 0.3) is 0 Å². The molecule has 4 N–H and O–H groups in total. The number of nitrogens with zero attached hydrogens (tertiary/aromatic N) is 1. The van der Waals surface area contributed by atoms with E-state index in [9.17, 15) is 19.8 Å². The van der Waals surface area contributed by atoms with Crippen LogP contribution in [-0.4, -0.2) is 50.2 Å². The molecule has 2 atom stereocenters. The zero-order valence-electron chi connectivity index (χ0n) is 24.7. The minimum Gasteiger partial charge on any atom is -0.388 e. The Kier molecular flexibility index (Phi) is 12.9. The predicted molar refractivity (Wildman–Crippen MR) is 148 cm³/mol. The molecule has 0 aromatic rings. The average Bonchev–Trinajstić information content (AvgIpc) is 2.71. The molecule has 0 saturated heterocycles. The lowest BCUT2D eigenvalue weighted by molar-refractivity contribution is -0.180. The molecule has 0 unspecified atom stereocenters. The summed E-state index contributed by atoms with van der Waals surface area (Å²) in [6.45, 7) is 16.7. The van der Waals surface area contributed by atoms with E-state index in [0.29, 0.717) is 51.4 Å². The van der Waals surface area contributed by atoms with Crippen molar-refractivity contribution < 1.29 is 19.8 Å². The summed E-state index contributed by atoms with van der Waals surface area (Å²) < 4.78 is 0. The normalized spacial score (nSPS) is 17.7. The summed E-state index contributed by atoms with van der Waals surface area (Å²) in [7, 11) is 0. The van der Waals surface area contributed by atoms with Crippen LogP contribution in [0.5, 0.6) is 0 Å². The summed E-state index contributed by atoms with van der Waals surface area (Å²) >= 11 is 0. The van der Waals surface area contributed by atoms with Gasteiger partial charge in [0.15, 0.2) is 0 Å². The van der Waals surface area contributed by atoms with Gasteiger partial charge in [0, 0.05) is 0 Å². The summed E-state index contributed by atoms with van der Waals surface area (Å²) in [6.07, 6.45) is 8.33. The fraction of sp³-hybridized carbons (Fsp3) is 0.933. The number of rotatable bonds is 18. The number of nitrogens with two attached hydrogens (primary N) is 1. The highest BCUT2D eigenvalue weighted by Gasteiger charge is 2.57. The van der Waals surface area contributed by atoms with Crippen LogP contribution in [0.4, 0.5) is 0 Å². The number of primary amides is 1. The average molecular weight is 511 g/mol. The van der Waals surface area contributed by atoms with Gasteiger partial charge in [-0.2, -0.15) is 0 Å². The Morgan fingerprint density at radius 2 is 1.11 bits per heavy atom. The molecule has 36 heavy (non-hydrogen) atoms.